The van der Waals surface area contributed by atoms with Crippen molar-refractivity contribution in [1.29, 1.82) is 0 Å². The van der Waals surface area contributed by atoms with E-state index in [-0.39, 0.29) is 0 Å². The maximum absolute atomic E-state index is 5.77. The molecule has 1 heterocycles. The van der Waals surface area contributed by atoms with Gasteiger partial charge in [0.2, 0.25) is 0 Å². The van der Waals surface area contributed by atoms with Crippen molar-refractivity contribution in [2.75, 3.05) is 5.32 Å². The van der Waals surface area contributed by atoms with E-state index in [0.717, 1.165) is 29.8 Å². The largest absolute Gasteiger partial charge is 0.389 e. The molecule has 0 spiro atoms. The molecule has 0 bridgehead atoms. The van der Waals surface area contributed by atoms with Gasteiger partial charge < -0.3 is 11.1 Å². The van der Waals surface area contributed by atoms with E-state index in [1.54, 1.807) is 0 Å². The number of nitrogens with one attached hydrogen (secondary N) is 1. The van der Waals surface area contributed by atoms with Crippen LogP contribution in [0.4, 0.5) is 5.69 Å². The second-order valence-corrected chi connectivity index (χ2v) is 6.13. The van der Waals surface area contributed by atoms with Gasteiger partial charge in [-0.15, -0.1) is 11.3 Å². The topological polar surface area (TPSA) is 38.0 Å². The summed E-state index contributed by atoms with van der Waals surface area (Å²) < 4.78 is 0. The Morgan fingerprint density at radius 1 is 1.26 bits per heavy atom. The summed E-state index contributed by atoms with van der Waals surface area (Å²) in [6, 6.07) is 10.4. The van der Waals surface area contributed by atoms with Crippen molar-refractivity contribution < 1.29 is 0 Å². The summed E-state index contributed by atoms with van der Waals surface area (Å²) in [4.78, 5) is 3.18. The molecule has 19 heavy (non-hydrogen) atoms. The fraction of sp³-hybridized carbons (Fsp3) is 0.267. The van der Waals surface area contributed by atoms with Gasteiger partial charge in [-0.1, -0.05) is 31.3 Å². The van der Waals surface area contributed by atoms with Crippen LogP contribution in [0.1, 0.15) is 27.8 Å². The lowest BCUT2D eigenvalue weighted by Gasteiger charge is -2.13. The van der Waals surface area contributed by atoms with Crippen molar-refractivity contribution in [1.82, 2.24) is 0 Å². The summed E-state index contributed by atoms with van der Waals surface area (Å²) in [7, 11) is 0. The van der Waals surface area contributed by atoms with Crippen molar-refractivity contribution in [3.05, 3.63) is 51.2 Å². The van der Waals surface area contributed by atoms with Gasteiger partial charge in [-0.25, -0.2) is 0 Å². The number of thiocarbonyl (C=S) groups is 1. The highest BCUT2D eigenvalue weighted by atomic mass is 32.1. The Morgan fingerprint density at radius 3 is 2.63 bits per heavy atom. The molecule has 2 aromatic rings. The Morgan fingerprint density at radius 2 is 2.00 bits per heavy atom. The molecule has 0 radical (unpaired) electrons. The van der Waals surface area contributed by atoms with E-state index in [1.807, 2.05) is 23.5 Å². The van der Waals surface area contributed by atoms with Crippen LogP contribution >= 0.6 is 23.6 Å². The molecule has 2 rings (SSSR count). The van der Waals surface area contributed by atoms with Crippen LogP contribution in [0, 0.1) is 6.92 Å². The molecule has 0 saturated carbocycles. The molecule has 2 nitrogen and oxygen atoms in total. The molecule has 0 fully saturated rings. The van der Waals surface area contributed by atoms with E-state index in [0.29, 0.717) is 4.99 Å². The molecule has 1 aromatic carbocycles. The molecule has 4 heteroatoms. The van der Waals surface area contributed by atoms with E-state index in [9.17, 15) is 0 Å². The minimum atomic E-state index is 0.437. The highest BCUT2D eigenvalue weighted by Gasteiger charge is 2.08. The number of hydrogen-bond acceptors (Lipinski definition) is 3. The van der Waals surface area contributed by atoms with E-state index < -0.39 is 0 Å². The Hall–Kier alpha value is -1.39. The third-order valence-corrected chi connectivity index (χ3v) is 4.49. The van der Waals surface area contributed by atoms with Crippen LogP contribution in [-0.2, 0) is 13.0 Å². The normalized spacial score (nSPS) is 10.4. The third-order valence-electron chi connectivity index (χ3n) is 3.04. The molecule has 0 amide bonds. The number of nitrogens with two attached hydrogens (primary N) is 1. The van der Waals surface area contributed by atoms with Crippen molar-refractivity contribution in [2.24, 2.45) is 5.73 Å². The number of para-hydroxylation sites is 1. The predicted molar refractivity (Wildman–Crippen MR) is 88.1 cm³/mol. The first-order valence-electron chi connectivity index (χ1n) is 6.32. The molecule has 3 N–H and O–H groups in total. The second-order valence-electron chi connectivity index (χ2n) is 4.44. The Kier molecular flexibility index (Phi) is 4.56. The first-order chi connectivity index (χ1) is 9.11. The number of anilines is 1. The van der Waals surface area contributed by atoms with Gasteiger partial charge in [0.1, 0.15) is 4.99 Å². The number of benzene rings is 1. The Labute approximate surface area is 123 Å². The first kappa shape index (κ1) is 14.0. The SMILES string of the molecule is CCc1ccc(CNc2c(C)cccc2C(N)=S)s1. The van der Waals surface area contributed by atoms with Gasteiger partial charge in [-0.2, -0.15) is 0 Å². The Bertz CT molecular complexity index is 588. The van der Waals surface area contributed by atoms with Crippen LogP contribution in [0.2, 0.25) is 0 Å². The van der Waals surface area contributed by atoms with Crippen LogP contribution in [0.5, 0.6) is 0 Å². The van der Waals surface area contributed by atoms with Crippen LogP contribution in [0.3, 0.4) is 0 Å². The average Bonchev–Trinajstić information content (AvgIpc) is 2.85. The van der Waals surface area contributed by atoms with Gasteiger partial charge in [-0.05, 0) is 37.1 Å². The lowest BCUT2D eigenvalue weighted by molar-refractivity contribution is 1.18. The standard InChI is InChI=1S/C15H18N2S2/c1-3-11-7-8-12(19-11)9-17-14-10(2)5-4-6-13(14)15(16)18/h4-8,17H,3,9H2,1-2H3,(H2,16,18). The van der Waals surface area contributed by atoms with Gasteiger partial charge in [0.25, 0.3) is 0 Å². The summed E-state index contributed by atoms with van der Waals surface area (Å²) in [5.41, 5.74) is 8.90. The van der Waals surface area contributed by atoms with E-state index in [4.69, 9.17) is 18.0 Å². The maximum atomic E-state index is 5.77. The van der Waals surface area contributed by atoms with Gasteiger partial charge >= 0.3 is 0 Å². The van der Waals surface area contributed by atoms with Crippen LogP contribution in [-0.4, -0.2) is 4.99 Å². The van der Waals surface area contributed by atoms with Crippen molar-refractivity contribution in [3.63, 3.8) is 0 Å². The quantitative estimate of drug-likeness (QED) is 0.821. The molecule has 0 atom stereocenters. The van der Waals surface area contributed by atoms with Gasteiger partial charge in [0.15, 0.2) is 0 Å². The summed E-state index contributed by atoms with van der Waals surface area (Å²) in [5, 5.41) is 3.46. The lowest BCUT2D eigenvalue weighted by Crippen LogP contribution is -2.13. The van der Waals surface area contributed by atoms with E-state index >= 15 is 0 Å². The van der Waals surface area contributed by atoms with Crippen LogP contribution < -0.4 is 11.1 Å². The zero-order chi connectivity index (χ0) is 13.8. The van der Waals surface area contributed by atoms with Gasteiger partial charge in [-0.3, -0.25) is 0 Å². The fourth-order valence-electron chi connectivity index (χ4n) is 1.99. The van der Waals surface area contributed by atoms with Crippen molar-refractivity contribution >= 4 is 34.2 Å². The summed E-state index contributed by atoms with van der Waals surface area (Å²) in [5.74, 6) is 0. The molecule has 1 aromatic heterocycles. The fourth-order valence-corrected chi connectivity index (χ4v) is 3.06. The minimum Gasteiger partial charge on any atom is -0.389 e. The van der Waals surface area contributed by atoms with Gasteiger partial charge in [0.05, 0.1) is 0 Å². The summed E-state index contributed by atoms with van der Waals surface area (Å²) in [6.07, 6.45) is 1.09. The molecule has 100 valence electrons. The average molecular weight is 290 g/mol. The molecule has 0 aliphatic rings. The molecule has 0 unspecified atom stereocenters. The molecule has 0 aliphatic heterocycles. The number of hydrogen-bond donors (Lipinski definition) is 2. The maximum Gasteiger partial charge on any atom is 0.106 e. The molecule has 0 aliphatic carbocycles. The highest BCUT2D eigenvalue weighted by molar-refractivity contribution is 7.80. The Balaban J connectivity index is 2.17. The van der Waals surface area contributed by atoms with Crippen molar-refractivity contribution in [3.8, 4) is 0 Å². The highest BCUT2D eigenvalue weighted by Crippen LogP contribution is 2.23. The second kappa shape index (κ2) is 6.17. The smallest absolute Gasteiger partial charge is 0.106 e. The monoisotopic (exact) mass is 290 g/mol. The van der Waals surface area contributed by atoms with Crippen LogP contribution in [0.25, 0.3) is 0 Å². The molecule has 0 saturated heterocycles. The molecular formula is C15H18N2S2. The molecular weight excluding hydrogens is 272 g/mol. The minimum absolute atomic E-state index is 0.437. The summed E-state index contributed by atoms with van der Waals surface area (Å²) >= 11 is 6.95. The zero-order valence-electron chi connectivity index (χ0n) is 11.2. The zero-order valence-corrected chi connectivity index (χ0v) is 12.8. The van der Waals surface area contributed by atoms with E-state index in [2.05, 4.69) is 37.4 Å². The predicted octanol–water partition coefficient (Wildman–Crippen LogP) is 3.87. The third kappa shape index (κ3) is 3.33. The first-order valence-corrected chi connectivity index (χ1v) is 7.55. The van der Waals surface area contributed by atoms with Crippen LogP contribution in [0.15, 0.2) is 30.3 Å². The number of thiophene rings is 1. The van der Waals surface area contributed by atoms with E-state index in [1.165, 1.54) is 9.75 Å². The van der Waals surface area contributed by atoms with Crippen molar-refractivity contribution in [2.45, 2.75) is 26.8 Å². The number of rotatable bonds is 5. The van der Waals surface area contributed by atoms with Gasteiger partial charge in [0, 0.05) is 27.5 Å². The summed E-state index contributed by atoms with van der Waals surface area (Å²) in [6.45, 7) is 5.05. The lowest BCUT2D eigenvalue weighted by atomic mass is 10.1. The number of aryl methyl sites for hydroxylation is 2.